The van der Waals surface area contributed by atoms with E-state index in [4.69, 9.17) is 0 Å². The number of likely N-dealkylation sites (N-methyl/N-ethyl adjacent to an activating group) is 1. The molecule has 21 heavy (non-hydrogen) atoms. The Balaban J connectivity index is 2.07. The molecule has 0 amide bonds. The molecule has 112 valence electrons. The highest BCUT2D eigenvalue weighted by atomic mass is 32.1. The minimum Gasteiger partial charge on any atom is -0.297 e. The zero-order chi connectivity index (χ0) is 14.9. The third-order valence-electron chi connectivity index (χ3n) is 4.93. The second-order valence-corrected chi connectivity index (χ2v) is 7.23. The van der Waals surface area contributed by atoms with Crippen molar-refractivity contribution in [2.24, 2.45) is 0 Å². The quantitative estimate of drug-likeness (QED) is 0.603. The van der Waals surface area contributed by atoms with E-state index in [9.17, 15) is 4.79 Å². The third-order valence-corrected chi connectivity index (χ3v) is 5.90. The molecule has 3 rings (SSSR count). The van der Waals surface area contributed by atoms with Crippen LogP contribution in [0.25, 0.3) is 10.1 Å². The molecule has 1 fully saturated rings. The molecule has 1 aliphatic carbocycles. The number of Topliss-reactive ketones (excluding diaryl/α,β-unsaturated/α-hetero) is 1. The highest BCUT2D eigenvalue weighted by molar-refractivity contribution is 7.17. The summed E-state index contributed by atoms with van der Waals surface area (Å²) < 4.78 is 1.15. The van der Waals surface area contributed by atoms with Gasteiger partial charge in [0.05, 0.1) is 5.54 Å². The van der Waals surface area contributed by atoms with E-state index in [0.717, 1.165) is 35.9 Å². The van der Waals surface area contributed by atoms with Crippen molar-refractivity contribution in [2.45, 2.75) is 44.1 Å². The summed E-state index contributed by atoms with van der Waals surface area (Å²) in [5, 5.41) is 3.27. The van der Waals surface area contributed by atoms with Crippen LogP contribution in [0.5, 0.6) is 0 Å². The van der Waals surface area contributed by atoms with Crippen molar-refractivity contribution in [3.8, 4) is 0 Å². The minimum absolute atomic E-state index is 0.311. The zero-order valence-corrected chi connectivity index (χ0v) is 13.7. The number of carbonyl (C=O) groups excluding carboxylic acids is 1. The van der Waals surface area contributed by atoms with Crippen molar-refractivity contribution in [1.82, 2.24) is 4.90 Å². The lowest BCUT2D eigenvalue weighted by Crippen LogP contribution is -2.50. The van der Waals surface area contributed by atoms with E-state index in [1.807, 2.05) is 12.1 Å². The van der Waals surface area contributed by atoms with Crippen LogP contribution < -0.4 is 0 Å². The lowest BCUT2D eigenvalue weighted by molar-refractivity contribution is 0.0637. The summed E-state index contributed by atoms with van der Waals surface area (Å²) in [6.07, 6.45) is 6.80. The fourth-order valence-corrected chi connectivity index (χ4v) is 4.52. The van der Waals surface area contributed by atoms with Crippen molar-refractivity contribution in [3.05, 3.63) is 35.2 Å². The van der Waals surface area contributed by atoms with Crippen LogP contribution in [0.2, 0.25) is 0 Å². The Morgan fingerprint density at radius 1 is 1.10 bits per heavy atom. The van der Waals surface area contributed by atoms with Gasteiger partial charge in [0.25, 0.3) is 0 Å². The van der Waals surface area contributed by atoms with Gasteiger partial charge in [0.2, 0.25) is 0 Å². The first kappa shape index (κ1) is 14.7. The minimum atomic E-state index is -0.311. The Labute approximate surface area is 130 Å². The van der Waals surface area contributed by atoms with Gasteiger partial charge in [0.15, 0.2) is 5.78 Å². The van der Waals surface area contributed by atoms with Crippen LogP contribution in [-0.2, 0) is 0 Å². The number of hydrogen-bond acceptors (Lipinski definition) is 3. The van der Waals surface area contributed by atoms with Gasteiger partial charge in [0, 0.05) is 10.3 Å². The SMILES string of the molecule is CN(C)C1(C(=O)c2cccc3ccsc23)CCCCCC1. The third kappa shape index (κ3) is 2.53. The van der Waals surface area contributed by atoms with Gasteiger partial charge in [-0.1, -0.05) is 37.8 Å². The highest BCUT2D eigenvalue weighted by Gasteiger charge is 2.41. The molecule has 0 saturated heterocycles. The van der Waals surface area contributed by atoms with Gasteiger partial charge in [-0.25, -0.2) is 0 Å². The molecule has 0 spiro atoms. The molecule has 0 N–H and O–H groups in total. The van der Waals surface area contributed by atoms with E-state index in [-0.39, 0.29) is 5.54 Å². The predicted molar refractivity (Wildman–Crippen MR) is 90.3 cm³/mol. The van der Waals surface area contributed by atoms with Gasteiger partial charge in [-0.2, -0.15) is 0 Å². The van der Waals surface area contributed by atoms with Gasteiger partial charge in [-0.15, -0.1) is 11.3 Å². The zero-order valence-electron chi connectivity index (χ0n) is 12.9. The number of ketones is 1. The van der Waals surface area contributed by atoms with Gasteiger partial charge < -0.3 is 0 Å². The second-order valence-electron chi connectivity index (χ2n) is 6.31. The monoisotopic (exact) mass is 301 g/mol. The fraction of sp³-hybridized carbons (Fsp3) is 0.500. The lowest BCUT2D eigenvalue weighted by Gasteiger charge is -2.38. The van der Waals surface area contributed by atoms with E-state index in [2.05, 4.69) is 36.5 Å². The average Bonchev–Trinajstić information content (AvgIpc) is 2.82. The Bertz CT molecular complexity index is 635. The van der Waals surface area contributed by atoms with Crippen molar-refractivity contribution in [2.75, 3.05) is 14.1 Å². The summed E-state index contributed by atoms with van der Waals surface area (Å²) in [6.45, 7) is 0. The number of fused-ring (bicyclic) bond motifs is 1. The first-order valence-corrected chi connectivity index (χ1v) is 8.71. The van der Waals surface area contributed by atoms with Crippen LogP contribution in [-0.4, -0.2) is 30.3 Å². The summed E-state index contributed by atoms with van der Waals surface area (Å²) in [5.41, 5.74) is 0.604. The maximum atomic E-state index is 13.4. The van der Waals surface area contributed by atoms with Crippen molar-refractivity contribution >= 4 is 27.2 Å². The summed E-state index contributed by atoms with van der Waals surface area (Å²) in [4.78, 5) is 15.6. The standard InChI is InChI=1S/C18H23NOS/c1-19(2)18(11-5-3-4-6-12-18)17(20)15-9-7-8-14-10-13-21-16(14)15/h7-10,13H,3-6,11-12H2,1-2H3. The van der Waals surface area contributed by atoms with E-state index < -0.39 is 0 Å². The summed E-state index contributed by atoms with van der Waals surface area (Å²) in [7, 11) is 4.13. The number of carbonyl (C=O) groups is 1. The van der Waals surface area contributed by atoms with Gasteiger partial charge >= 0.3 is 0 Å². The largest absolute Gasteiger partial charge is 0.297 e. The van der Waals surface area contributed by atoms with Crippen molar-refractivity contribution < 1.29 is 4.79 Å². The molecule has 2 aromatic rings. The van der Waals surface area contributed by atoms with Crippen molar-refractivity contribution in [3.63, 3.8) is 0 Å². The van der Waals surface area contributed by atoms with E-state index >= 15 is 0 Å². The molecule has 1 aliphatic rings. The summed E-state index contributed by atoms with van der Waals surface area (Å²) in [6, 6.07) is 8.23. The second kappa shape index (κ2) is 5.90. The maximum Gasteiger partial charge on any atom is 0.184 e. The van der Waals surface area contributed by atoms with E-state index in [0.29, 0.717) is 5.78 Å². The highest BCUT2D eigenvalue weighted by Crippen LogP contribution is 2.36. The number of rotatable bonds is 3. The van der Waals surface area contributed by atoms with Crippen LogP contribution in [0, 0.1) is 0 Å². The van der Waals surface area contributed by atoms with Crippen LogP contribution in [0.15, 0.2) is 29.6 Å². The molecule has 3 heteroatoms. The molecule has 2 nitrogen and oxygen atoms in total. The topological polar surface area (TPSA) is 20.3 Å². The Morgan fingerprint density at radius 2 is 1.81 bits per heavy atom. The molecule has 0 aliphatic heterocycles. The number of benzene rings is 1. The molecule has 1 saturated carbocycles. The van der Waals surface area contributed by atoms with Gasteiger partial charge in [-0.3, -0.25) is 9.69 Å². The molecule has 1 aromatic heterocycles. The van der Waals surface area contributed by atoms with Crippen molar-refractivity contribution in [1.29, 1.82) is 0 Å². The van der Waals surface area contributed by atoms with E-state index in [1.165, 1.54) is 18.2 Å². The normalized spacial score (nSPS) is 18.8. The summed E-state index contributed by atoms with van der Waals surface area (Å²) >= 11 is 1.68. The first-order chi connectivity index (χ1) is 10.1. The van der Waals surface area contributed by atoms with Crippen LogP contribution in [0.1, 0.15) is 48.9 Å². The van der Waals surface area contributed by atoms with Crippen LogP contribution in [0.4, 0.5) is 0 Å². The molecule has 1 aromatic carbocycles. The Morgan fingerprint density at radius 3 is 2.48 bits per heavy atom. The number of thiophene rings is 1. The van der Waals surface area contributed by atoms with E-state index in [1.54, 1.807) is 11.3 Å². The number of hydrogen-bond donors (Lipinski definition) is 0. The molecule has 0 radical (unpaired) electrons. The van der Waals surface area contributed by atoms with Crippen LogP contribution >= 0.6 is 11.3 Å². The van der Waals surface area contributed by atoms with Gasteiger partial charge in [-0.05, 0) is 49.8 Å². The number of nitrogens with zero attached hydrogens (tertiary/aromatic N) is 1. The lowest BCUT2D eigenvalue weighted by atomic mass is 9.81. The van der Waals surface area contributed by atoms with Crippen LogP contribution in [0.3, 0.4) is 0 Å². The molecular weight excluding hydrogens is 278 g/mol. The molecule has 1 heterocycles. The molecule has 0 unspecified atom stereocenters. The summed E-state index contributed by atoms with van der Waals surface area (Å²) in [5.74, 6) is 0.322. The average molecular weight is 301 g/mol. The smallest absolute Gasteiger partial charge is 0.184 e. The Hall–Kier alpha value is -1.19. The van der Waals surface area contributed by atoms with Gasteiger partial charge in [0.1, 0.15) is 0 Å². The molecule has 0 atom stereocenters. The Kier molecular flexibility index (Phi) is 4.14. The maximum absolute atomic E-state index is 13.4. The molecular formula is C18H23NOS. The first-order valence-electron chi connectivity index (χ1n) is 7.84. The molecule has 0 bridgehead atoms. The fourth-order valence-electron chi connectivity index (χ4n) is 3.61. The predicted octanol–water partition coefficient (Wildman–Crippen LogP) is 4.74.